The highest BCUT2D eigenvalue weighted by atomic mass is 16.5. The van der Waals surface area contributed by atoms with Crippen LogP contribution in [-0.2, 0) is 4.74 Å². The van der Waals surface area contributed by atoms with Gasteiger partial charge in [-0.05, 0) is 24.6 Å². The van der Waals surface area contributed by atoms with Crippen LogP contribution in [0.15, 0.2) is 48.7 Å². The lowest BCUT2D eigenvalue weighted by molar-refractivity contribution is 0.0937. The first kappa shape index (κ1) is 17.7. The molecule has 134 valence electrons. The number of anilines is 3. The summed E-state index contributed by atoms with van der Waals surface area (Å²) in [7, 11) is 1.59. The van der Waals surface area contributed by atoms with Crippen LogP contribution < -0.4 is 16.4 Å². The number of fused-ring (bicyclic) bond motifs is 1. The number of nitrogens with zero attached hydrogens (tertiary/aromatic N) is 1. The number of nitrogen functional groups attached to an aromatic ring is 1. The molecular weight excluding hydrogens is 328 g/mol. The molecule has 0 unspecified atom stereocenters. The molecule has 0 aliphatic heterocycles. The third-order valence-electron chi connectivity index (χ3n) is 4.17. The number of carbonyl (C=O) groups is 1. The molecule has 1 aromatic heterocycles. The predicted octanol–water partition coefficient (Wildman–Crippen LogP) is 3.25. The number of carbonyl (C=O) groups excluding carboxylic acids is 1. The monoisotopic (exact) mass is 350 g/mol. The third kappa shape index (κ3) is 3.60. The van der Waals surface area contributed by atoms with E-state index in [0.29, 0.717) is 35.6 Å². The number of nitrogens with one attached hydrogen (secondary N) is 2. The van der Waals surface area contributed by atoms with Crippen molar-refractivity contribution in [2.75, 3.05) is 31.3 Å². The second-order valence-electron chi connectivity index (χ2n) is 5.98. The highest BCUT2D eigenvalue weighted by molar-refractivity contribution is 6.10. The number of pyridine rings is 1. The summed E-state index contributed by atoms with van der Waals surface area (Å²) in [5.41, 5.74) is 10.4. The topological polar surface area (TPSA) is 89.3 Å². The number of benzene rings is 2. The molecule has 2 aromatic carbocycles. The van der Waals surface area contributed by atoms with Gasteiger partial charge in [0, 0.05) is 30.9 Å². The fourth-order valence-corrected chi connectivity index (χ4v) is 2.76. The molecule has 6 nitrogen and oxygen atoms in total. The summed E-state index contributed by atoms with van der Waals surface area (Å²) in [5.74, 6) is -0.213. The van der Waals surface area contributed by atoms with Gasteiger partial charge in [-0.25, -0.2) is 0 Å². The van der Waals surface area contributed by atoms with Crippen molar-refractivity contribution in [1.82, 2.24) is 10.3 Å². The maximum Gasteiger partial charge on any atom is 0.255 e. The van der Waals surface area contributed by atoms with Gasteiger partial charge in [0.05, 0.1) is 29.1 Å². The maximum absolute atomic E-state index is 12.7. The van der Waals surface area contributed by atoms with Gasteiger partial charge < -0.3 is 21.1 Å². The molecule has 1 amide bonds. The van der Waals surface area contributed by atoms with Gasteiger partial charge in [0.1, 0.15) is 0 Å². The third-order valence-corrected chi connectivity index (χ3v) is 4.17. The van der Waals surface area contributed by atoms with E-state index in [1.165, 1.54) is 0 Å². The van der Waals surface area contributed by atoms with E-state index in [1.807, 2.05) is 43.3 Å². The Morgan fingerprint density at radius 2 is 2.00 bits per heavy atom. The molecule has 0 atom stereocenters. The predicted molar refractivity (Wildman–Crippen MR) is 105 cm³/mol. The normalized spacial score (nSPS) is 10.7. The van der Waals surface area contributed by atoms with E-state index < -0.39 is 0 Å². The van der Waals surface area contributed by atoms with Gasteiger partial charge in [-0.15, -0.1) is 0 Å². The minimum absolute atomic E-state index is 0.213. The van der Waals surface area contributed by atoms with Gasteiger partial charge in [-0.3, -0.25) is 9.78 Å². The number of hydrogen-bond donors (Lipinski definition) is 3. The number of aryl methyl sites for hydroxylation is 1. The fourth-order valence-electron chi connectivity index (χ4n) is 2.76. The average Bonchev–Trinajstić information content (AvgIpc) is 2.64. The Morgan fingerprint density at radius 3 is 2.77 bits per heavy atom. The van der Waals surface area contributed by atoms with Crippen LogP contribution in [0, 0.1) is 6.92 Å². The summed E-state index contributed by atoms with van der Waals surface area (Å²) >= 11 is 0. The molecule has 1 heterocycles. The van der Waals surface area contributed by atoms with Crippen molar-refractivity contribution in [3.8, 4) is 0 Å². The maximum atomic E-state index is 12.7. The number of aromatic nitrogens is 1. The van der Waals surface area contributed by atoms with Gasteiger partial charge in [-0.1, -0.05) is 30.3 Å². The number of ether oxygens (including phenoxy) is 1. The average molecular weight is 350 g/mol. The number of rotatable bonds is 6. The van der Waals surface area contributed by atoms with E-state index in [9.17, 15) is 4.79 Å². The molecule has 3 aromatic rings. The van der Waals surface area contributed by atoms with Crippen LogP contribution in [0.5, 0.6) is 0 Å². The number of para-hydroxylation sites is 2. The lowest BCUT2D eigenvalue weighted by Crippen LogP contribution is -2.27. The molecule has 0 saturated heterocycles. The van der Waals surface area contributed by atoms with Gasteiger partial charge in [0.25, 0.3) is 5.91 Å². The first-order valence-corrected chi connectivity index (χ1v) is 8.39. The fraction of sp³-hybridized carbons (Fsp3) is 0.200. The molecule has 6 heteroatoms. The highest BCUT2D eigenvalue weighted by Crippen LogP contribution is 2.32. The molecule has 26 heavy (non-hydrogen) atoms. The Morgan fingerprint density at radius 1 is 1.19 bits per heavy atom. The van der Waals surface area contributed by atoms with Crippen LogP contribution >= 0.6 is 0 Å². The van der Waals surface area contributed by atoms with Crippen LogP contribution in [0.25, 0.3) is 10.9 Å². The van der Waals surface area contributed by atoms with Crippen molar-refractivity contribution >= 4 is 33.9 Å². The van der Waals surface area contributed by atoms with Gasteiger partial charge >= 0.3 is 0 Å². The van der Waals surface area contributed by atoms with E-state index in [4.69, 9.17) is 10.5 Å². The molecule has 0 saturated carbocycles. The molecule has 0 aliphatic rings. The van der Waals surface area contributed by atoms with Crippen LogP contribution in [0.2, 0.25) is 0 Å². The van der Waals surface area contributed by atoms with Gasteiger partial charge in [0.15, 0.2) is 0 Å². The molecule has 4 N–H and O–H groups in total. The van der Waals surface area contributed by atoms with Crippen LogP contribution in [0.4, 0.5) is 17.1 Å². The second kappa shape index (κ2) is 7.84. The number of hydrogen-bond acceptors (Lipinski definition) is 5. The number of nitrogens with two attached hydrogens (primary N) is 1. The molecule has 3 rings (SSSR count). The van der Waals surface area contributed by atoms with Crippen molar-refractivity contribution < 1.29 is 9.53 Å². The standard InChI is InChI=1S/C20H22N4O2/c1-13-6-3-4-9-17(13)24-18-14-7-5-8-16(21)19(14)23-12-15(18)20(25)22-10-11-26-2/h3-9,12H,10-11,21H2,1-2H3,(H,22,25)(H,23,24). The van der Waals surface area contributed by atoms with Crippen LogP contribution in [-0.4, -0.2) is 31.2 Å². The summed E-state index contributed by atoms with van der Waals surface area (Å²) in [6.45, 7) is 2.88. The molecule has 0 bridgehead atoms. The van der Waals surface area contributed by atoms with Crippen molar-refractivity contribution in [3.05, 3.63) is 59.8 Å². The minimum Gasteiger partial charge on any atom is -0.397 e. The minimum atomic E-state index is -0.213. The summed E-state index contributed by atoms with van der Waals surface area (Å²) in [5, 5.41) is 7.04. The zero-order valence-corrected chi connectivity index (χ0v) is 14.9. The van der Waals surface area contributed by atoms with E-state index in [1.54, 1.807) is 19.4 Å². The first-order valence-electron chi connectivity index (χ1n) is 8.39. The molecule has 0 aliphatic carbocycles. The van der Waals surface area contributed by atoms with Crippen molar-refractivity contribution in [2.24, 2.45) is 0 Å². The highest BCUT2D eigenvalue weighted by Gasteiger charge is 2.17. The molecule has 0 fully saturated rings. The van der Waals surface area contributed by atoms with E-state index in [0.717, 1.165) is 16.6 Å². The molecular formula is C20H22N4O2. The molecule has 0 radical (unpaired) electrons. The number of amides is 1. The van der Waals surface area contributed by atoms with Crippen LogP contribution in [0.3, 0.4) is 0 Å². The summed E-state index contributed by atoms with van der Waals surface area (Å²) in [6.07, 6.45) is 1.56. The Kier molecular flexibility index (Phi) is 5.34. The quantitative estimate of drug-likeness (QED) is 0.469. The zero-order valence-electron chi connectivity index (χ0n) is 14.9. The summed E-state index contributed by atoms with van der Waals surface area (Å²) < 4.78 is 4.99. The summed E-state index contributed by atoms with van der Waals surface area (Å²) in [6, 6.07) is 13.5. The Balaban J connectivity index is 2.09. The second-order valence-corrected chi connectivity index (χ2v) is 5.98. The zero-order chi connectivity index (χ0) is 18.5. The first-order chi connectivity index (χ1) is 12.6. The van der Waals surface area contributed by atoms with Crippen LogP contribution in [0.1, 0.15) is 15.9 Å². The largest absolute Gasteiger partial charge is 0.397 e. The summed E-state index contributed by atoms with van der Waals surface area (Å²) in [4.78, 5) is 17.1. The van der Waals surface area contributed by atoms with Crippen molar-refractivity contribution in [1.29, 1.82) is 0 Å². The number of methoxy groups -OCH3 is 1. The Labute approximate surface area is 152 Å². The van der Waals surface area contributed by atoms with Crippen molar-refractivity contribution in [3.63, 3.8) is 0 Å². The van der Waals surface area contributed by atoms with E-state index in [2.05, 4.69) is 15.6 Å². The SMILES string of the molecule is COCCNC(=O)c1cnc2c(N)cccc2c1Nc1ccccc1C. The Bertz CT molecular complexity index is 940. The lowest BCUT2D eigenvalue weighted by atomic mass is 10.1. The Hall–Kier alpha value is -3.12. The van der Waals surface area contributed by atoms with Gasteiger partial charge in [-0.2, -0.15) is 0 Å². The van der Waals surface area contributed by atoms with Crippen molar-refractivity contribution in [2.45, 2.75) is 6.92 Å². The smallest absolute Gasteiger partial charge is 0.255 e. The van der Waals surface area contributed by atoms with E-state index >= 15 is 0 Å². The molecule has 0 spiro atoms. The lowest BCUT2D eigenvalue weighted by Gasteiger charge is -2.16. The van der Waals surface area contributed by atoms with E-state index in [-0.39, 0.29) is 5.91 Å². The van der Waals surface area contributed by atoms with Gasteiger partial charge in [0.2, 0.25) is 0 Å².